The van der Waals surface area contributed by atoms with Crippen molar-refractivity contribution in [3.63, 3.8) is 0 Å². The summed E-state index contributed by atoms with van der Waals surface area (Å²) >= 11 is 0. The van der Waals surface area contributed by atoms with Crippen molar-refractivity contribution >= 4 is 17.6 Å². The molecule has 0 saturated heterocycles. The molecule has 0 radical (unpaired) electrons. The van der Waals surface area contributed by atoms with Gasteiger partial charge in [0.25, 0.3) is 0 Å². The first-order chi connectivity index (χ1) is 12.1. The van der Waals surface area contributed by atoms with E-state index in [0.29, 0.717) is 11.7 Å². The molecule has 1 heterocycles. The summed E-state index contributed by atoms with van der Waals surface area (Å²) in [4.78, 5) is 20.7. The number of benzene rings is 2. The monoisotopic (exact) mass is 333 g/mol. The zero-order valence-electron chi connectivity index (χ0n) is 14.2. The number of carbonyl (C=O) groups excluding carboxylic acids is 1. The van der Waals surface area contributed by atoms with E-state index >= 15 is 0 Å². The normalized spacial score (nSPS) is 10.3. The Morgan fingerprint density at radius 3 is 2.24 bits per heavy atom. The summed E-state index contributed by atoms with van der Waals surface area (Å²) in [6.07, 6.45) is 0.247. The molecule has 0 unspecified atom stereocenters. The SMILES string of the molecule is Cc1cc(C)nc(Nc2ccc(OC(=O)Cc3ccccc3)cc2)n1. The Morgan fingerprint density at radius 1 is 0.960 bits per heavy atom. The minimum Gasteiger partial charge on any atom is -0.426 e. The number of aromatic nitrogens is 2. The average molecular weight is 333 g/mol. The number of esters is 1. The Labute approximate surface area is 146 Å². The van der Waals surface area contributed by atoms with Gasteiger partial charge in [0, 0.05) is 17.1 Å². The lowest BCUT2D eigenvalue weighted by atomic mass is 10.2. The minimum absolute atomic E-state index is 0.247. The number of anilines is 2. The van der Waals surface area contributed by atoms with Gasteiger partial charge >= 0.3 is 5.97 Å². The first-order valence-corrected chi connectivity index (χ1v) is 8.02. The van der Waals surface area contributed by atoms with Crippen molar-refractivity contribution in [3.05, 3.63) is 77.6 Å². The number of rotatable bonds is 5. The molecule has 0 aliphatic carbocycles. The predicted octanol–water partition coefficient (Wildman–Crippen LogP) is 3.99. The van der Waals surface area contributed by atoms with Gasteiger partial charge in [0.2, 0.25) is 5.95 Å². The van der Waals surface area contributed by atoms with E-state index in [1.54, 1.807) is 12.1 Å². The van der Waals surface area contributed by atoms with Crippen LogP contribution in [0, 0.1) is 13.8 Å². The van der Waals surface area contributed by atoms with E-state index in [1.807, 2.05) is 62.4 Å². The second-order valence-electron chi connectivity index (χ2n) is 5.76. The molecule has 0 bridgehead atoms. The fourth-order valence-corrected chi connectivity index (χ4v) is 2.45. The third kappa shape index (κ3) is 4.88. The summed E-state index contributed by atoms with van der Waals surface area (Å²) in [5, 5.41) is 3.14. The lowest BCUT2D eigenvalue weighted by molar-refractivity contribution is -0.133. The summed E-state index contributed by atoms with van der Waals surface area (Å²) in [5.41, 5.74) is 3.56. The Bertz CT molecular complexity index is 842. The third-order valence-corrected chi connectivity index (χ3v) is 3.52. The van der Waals surface area contributed by atoms with Crippen LogP contribution >= 0.6 is 0 Å². The highest BCUT2D eigenvalue weighted by molar-refractivity contribution is 5.75. The second kappa shape index (κ2) is 7.57. The molecule has 0 aliphatic rings. The number of nitrogens with one attached hydrogen (secondary N) is 1. The van der Waals surface area contributed by atoms with Gasteiger partial charge in [-0.05, 0) is 49.7 Å². The minimum atomic E-state index is -0.287. The van der Waals surface area contributed by atoms with E-state index in [-0.39, 0.29) is 12.4 Å². The van der Waals surface area contributed by atoms with Crippen molar-refractivity contribution in [2.75, 3.05) is 5.32 Å². The van der Waals surface area contributed by atoms with Crippen LogP contribution in [-0.4, -0.2) is 15.9 Å². The molecule has 0 aliphatic heterocycles. The van der Waals surface area contributed by atoms with E-state index in [4.69, 9.17) is 4.74 Å². The summed E-state index contributed by atoms with van der Waals surface area (Å²) in [7, 11) is 0. The van der Waals surface area contributed by atoms with Gasteiger partial charge in [-0.15, -0.1) is 0 Å². The topological polar surface area (TPSA) is 64.1 Å². The van der Waals surface area contributed by atoms with Crippen molar-refractivity contribution in [2.24, 2.45) is 0 Å². The lowest BCUT2D eigenvalue weighted by Crippen LogP contribution is -2.11. The first-order valence-electron chi connectivity index (χ1n) is 8.02. The van der Waals surface area contributed by atoms with Crippen LogP contribution in [0.15, 0.2) is 60.7 Å². The van der Waals surface area contributed by atoms with Crippen LogP contribution in [0.1, 0.15) is 17.0 Å². The number of hydrogen-bond donors (Lipinski definition) is 1. The van der Waals surface area contributed by atoms with Crippen molar-refractivity contribution < 1.29 is 9.53 Å². The number of nitrogens with zero attached hydrogens (tertiary/aromatic N) is 2. The summed E-state index contributed by atoms with van der Waals surface area (Å²) in [6.45, 7) is 3.85. The molecule has 1 N–H and O–H groups in total. The van der Waals surface area contributed by atoms with E-state index in [2.05, 4.69) is 15.3 Å². The van der Waals surface area contributed by atoms with E-state index in [1.165, 1.54) is 0 Å². The van der Waals surface area contributed by atoms with Crippen LogP contribution in [0.5, 0.6) is 5.75 Å². The van der Waals surface area contributed by atoms with Gasteiger partial charge < -0.3 is 10.1 Å². The van der Waals surface area contributed by atoms with Crippen LogP contribution in [0.25, 0.3) is 0 Å². The van der Waals surface area contributed by atoms with Crippen LogP contribution in [0.4, 0.5) is 11.6 Å². The quantitative estimate of drug-likeness (QED) is 0.565. The Balaban J connectivity index is 1.61. The van der Waals surface area contributed by atoms with Gasteiger partial charge in [0.1, 0.15) is 5.75 Å². The molecule has 3 rings (SSSR count). The molecule has 2 aromatic carbocycles. The fraction of sp³-hybridized carbons (Fsp3) is 0.150. The largest absolute Gasteiger partial charge is 0.426 e. The van der Waals surface area contributed by atoms with E-state index in [0.717, 1.165) is 22.6 Å². The molecule has 126 valence electrons. The van der Waals surface area contributed by atoms with Crippen molar-refractivity contribution in [1.82, 2.24) is 9.97 Å². The molecular weight excluding hydrogens is 314 g/mol. The van der Waals surface area contributed by atoms with Gasteiger partial charge in [-0.2, -0.15) is 0 Å². The number of aryl methyl sites for hydroxylation is 2. The number of carbonyl (C=O) groups is 1. The van der Waals surface area contributed by atoms with Crippen molar-refractivity contribution in [3.8, 4) is 5.75 Å². The van der Waals surface area contributed by atoms with Gasteiger partial charge in [0.05, 0.1) is 6.42 Å². The lowest BCUT2D eigenvalue weighted by Gasteiger charge is -2.08. The zero-order chi connectivity index (χ0) is 17.6. The van der Waals surface area contributed by atoms with Crippen LogP contribution in [0.2, 0.25) is 0 Å². The molecule has 25 heavy (non-hydrogen) atoms. The fourth-order valence-electron chi connectivity index (χ4n) is 2.45. The smallest absolute Gasteiger partial charge is 0.315 e. The molecule has 0 amide bonds. The van der Waals surface area contributed by atoms with Crippen LogP contribution in [-0.2, 0) is 11.2 Å². The zero-order valence-corrected chi connectivity index (χ0v) is 14.2. The standard InChI is InChI=1S/C20H19N3O2/c1-14-12-15(2)22-20(21-14)23-17-8-10-18(11-9-17)25-19(24)13-16-6-4-3-5-7-16/h3-12H,13H2,1-2H3,(H,21,22,23). The number of ether oxygens (including phenoxy) is 1. The van der Waals surface area contributed by atoms with Crippen molar-refractivity contribution in [1.29, 1.82) is 0 Å². The molecule has 0 spiro atoms. The van der Waals surface area contributed by atoms with Gasteiger partial charge in [0.15, 0.2) is 0 Å². The molecule has 5 nitrogen and oxygen atoms in total. The molecule has 0 saturated carbocycles. The Morgan fingerprint density at radius 2 is 1.60 bits per heavy atom. The van der Waals surface area contributed by atoms with Crippen LogP contribution in [0.3, 0.4) is 0 Å². The highest BCUT2D eigenvalue weighted by Gasteiger charge is 2.07. The predicted molar refractivity (Wildman–Crippen MR) is 97.0 cm³/mol. The maximum absolute atomic E-state index is 12.0. The molecular formula is C20H19N3O2. The van der Waals surface area contributed by atoms with Crippen LogP contribution < -0.4 is 10.1 Å². The summed E-state index contributed by atoms with van der Waals surface area (Å²) in [5.74, 6) is 0.767. The molecule has 1 aromatic heterocycles. The van der Waals surface area contributed by atoms with Crippen molar-refractivity contribution in [2.45, 2.75) is 20.3 Å². The number of hydrogen-bond acceptors (Lipinski definition) is 5. The highest BCUT2D eigenvalue weighted by Crippen LogP contribution is 2.19. The molecule has 3 aromatic rings. The Hall–Kier alpha value is -3.21. The van der Waals surface area contributed by atoms with E-state index in [9.17, 15) is 4.79 Å². The highest BCUT2D eigenvalue weighted by atomic mass is 16.5. The van der Waals surface area contributed by atoms with Gasteiger partial charge in [-0.1, -0.05) is 30.3 Å². The van der Waals surface area contributed by atoms with Gasteiger partial charge in [-0.3, -0.25) is 4.79 Å². The summed E-state index contributed by atoms with van der Waals surface area (Å²) in [6, 6.07) is 18.6. The maximum Gasteiger partial charge on any atom is 0.315 e. The first kappa shape index (κ1) is 16.6. The Kier molecular flexibility index (Phi) is 5.04. The van der Waals surface area contributed by atoms with E-state index < -0.39 is 0 Å². The molecule has 5 heteroatoms. The maximum atomic E-state index is 12.0. The second-order valence-corrected chi connectivity index (χ2v) is 5.76. The molecule has 0 atom stereocenters. The third-order valence-electron chi connectivity index (χ3n) is 3.52. The summed E-state index contributed by atoms with van der Waals surface area (Å²) < 4.78 is 5.36. The average Bonchev–Trinajstić information content (AvgIpc) is 2.56. The molecule has 0 fully saturated rings. The van der Waals surface area contributed by atoms with Gasteiger partial charge in [-0.25, -0.2) is 9.97 Å².